The average molecular weight is 168 g/mol. The molecule has 70 valence electrons. The lowest BCUT2D eigenvalue weighted by molar-refractivity contribution is -0.116. The van der Waals surface area contributed by atoms with E-state index in [0.717, 1.165) is 0 Å². The average Bonchev–Trinajstić information content (AvgIpc) is 2.00. The molecule has 0 aliphatic heterocycles. The Morgan fingerprint density at radius 2 is 2.17 bits per heavy atom. The van der Waals surface area contributed by atoms with E-state index in [4.69, 9.17) is 0 Å². The zero-order valence-corrected chi connectivity index (χ0v) is 8.47. The van der Waals surface area contributed by atoms with Gasteiger partial charge in [0.15, 0.2) is 0 Å². The molecular weight excluding hydrogens is 148 g/mol. The van der Waals surface area contributed by atoms with Crippen LogP contribution in [0.4, 0.5) is 0 Å². The lowest BCUT2D eigenvalue weighted by Gasteiger charge is -2.02. The quantitative estimate of drug-likeness (QED) is 0.556. The molecular formula is C11H20O. The Bertz CT molecular complexity index is 147. The molecule has 0 aromatic heterocycles. The number of ketones is 1. The van der Waals surface area contributed by atoms with Crippen molar-refractivity contribution < 1.29 is 4.79 Å². The lowest BCUT2D eigenvalue weighted by atomic mass is 10.0. The number of Topliss-reactive ketones (excluding diaryl/α,β-unsaturated/α-hetero) is 1. The summed E-state index contributed by atoms with van der Waals surface area (Å²) in [7, 11) is 0. The first-order valence-electron chi connectivity index (χ1n) is 4.83. The molecule has 0 aromatic rings. The van der Waals surface area contributed by atoms with Crippen LogP contribution in [-0.2, 0) is 4.79 Å². The second-order valence-corrected chi connectivity index (χ2v) is 3.45. The van der Waals surface area contributed by atoms with Gasteiger partial charge in [-0.05, 0) is 19.3 Å². The second-order valence-electron chi connectivity index (χ2n) is 3.45. The molecule has 0 bridgehead atoms. The van der Waals surface area contributed by atoms with E-state index in [-0.39, 0.29) is 5.78 Å². The molecule has 0 aliphatic carbocycles. The smallest absolute Gasteiger partial charge is 0.133 e. The van der Waals surface area contributed by atoms with Crippen LogP contribution in [0.3, 0.4) is 0 Å². The Hall–Kier alpha value is -0.590. The molecule has 0 aliphatic rings. The summed E-state index contributed by atoms with van der Waals surface area (Å²) in [5.41, 5.74) is 0. The van der Waals surface area contributed by atoms with Crippen molar-refractivity contribution in [2.75, 3.05) is 0 Å². The summed E-state index contributed by atoms with van der Waals surface area (Å²) in [5, 5.41) is 0. The van der Waals surface area contributed by atoms with Crippen molar-refractivity contribution in [2.45, 2.75) is 46.5 Å². The fraction of sp³-hybridized carbons (Fsp3) is 0.727. The van der Waals surface area contributed by atoms with Crippen LogP contribution >= 0.6 is 0 Å². The Morgan fingerprint density at radius 3 is 2.67 bits per heavy atom. The van der Waals surface area contributed by atoms with E-state index in [1.165, 1.54) is 19.3 Å². The molecule has 0 fully saturated rings. The molecule has 0 aromatic carbocycles. The van der Waals surface area contributed by atoms with E-state index in [1.54, 1.807) is 6.92 Å². The van der Waals surface area contributed by atoms with Crippen LogP contribution in [0.1, 0.15) is 46.5 Å². The first-order valence-corrected chi connectivity index (χ1v) is 4.83. The van der Waals surface area contributed by atoms with E-state index in [1.807, 2.05) is 6.08 Å². The summed E-state index contributed by atoms with van der Waals surface area (Å²) in [6.07, 6.45) is 8.51. The van der Waals surface area contributed by atoms with Crippen molar-refractivity contribution in [1.82, 2.24) is 0 Å². The molecule has 1 heteroatoms. The van der Waals surface area contributed by atoms with Crippen molar-refractivity contribution in [3.63, 3.8) is 0 Å². The second kappa shape index (κ2) is 7.08. The van der Waals surface area contributed by atoms with E-state index >= 15 is 0 Å². The van der Waals surface area contributed by atoms with Gasteiger partial charge in [-0.15, -0.1) is 0 Å². The van der Waals surface area contributed by atoms with Gasteiger partial charge in [-0.2, -0.15) is 0 Å². The SMILES string of the molecule is CCCCC(C)/C=C/CC(C)=O. The van der Waals surface area contributed by atoms with Gasteiger partial charge in [-0.1, -0.05) is 38.8 Å². The van der Waals surface area contributed by atoms with Gasteiger partial charge in [-0.3, -0.25) is 4.79 Å². The molecule has 0 N–H and O–H groups in total. The van der Waals surface area contributed by atoms with Crippen molar-refractivity contribution in [1.29, 1.82) is 0 Å². The minimum absolute atomic E-state index is 0.244. The van der Waals surface area contributed by atoms with Crippen molar-refractivity contribution in [3.8, 4) is 0 Å². The molecule has 0 rings (SSSR count). The molecule has 0 saturated carbocycles. The zero-order chi connectivity index (χ0) is 9.40. The number of allylic oxidation sites excluding steroid dienone is 2. The van der Waals surface area contributed by atoms with Crippen LogP contribution in [0.15, 0.2) is 12.2 Å². The van der Waals surface area contributed by atoms with Gasteiger partial charge in [0.2, 0.25) is 0 Å². The number of carbonyl (C=O) groups excluding carboxylic acids is 1. The maximum Gasteiger partial charge on any atom is 0.133 e. The summed E-state index contributed by atoms with van der Waals surface area (Å²) >= 11 is 0. The van der Waals surface area contributed by atoms with Crippen LogP contribution in [0.25, 0.3) is 0 Å². The number of hydrogen-bond donors (Lipinski definition) is 0. The van der Waals surface area contributed by atoms with Crippen LogP contribution in [0.2, 0.25) is 0 Å². The van der Waals surface area contributed by atoms with E-state index in [2.05, 4.69) is 19.9 Å². The Morgan fingerprint density at radius 1 is 1.50 bits per heavy atom. The molecule has 1 nitrogen and oxygen atoms in total. The summed E-state index contributed by atoms with van der Waals surface area (Å²) in [4.78, 5) is 10.6. The molecule has 0 heterocycles. The summed E-state index contributed by atoms with van der Waals surface area (Å²) in [6, 6.07) is 0. The fourth-order valence-corrected chi connectivity index (χ4v) is 1.09. The monoisotopic (exact) mass is 168 g/mol. The molecule has 0 saturated heterocycles. The lowest BCUT2D eigenvalue weighted by Crippen LogP contribution is -1.90. The van der Waals surface area contributed by atoms with Crippen LogP contribution < -0.4 is 0 Å². The highest BCUT2D eigenvalue weighted by Crippen LogP contribution is 2.08. The molecule has 12 heavy (non-hydrogen) atoms. The van der Waals surface area contributed by atoms with Gasteiger partial charge >= 0.3 is 0 Å². The van der Waals surface area contributed by atoms with Gasteiger partial charge in [-0.25, -0.2) is 0 Å². The predicted molar refractivity (Wildman–Crippen MR) is 53.1 cm³/mol. The number of carbonyl (C=O) groups is 1. The van der Waals surface area contributed by atoms with Gasteiger partial charge < -0.3 is 0 Å². The minimum Gasteiger partial charge on any atom is -0.300 e. The third kappa shape index (κ3) is 7.52. The third-order valence-corrected chi connectivity index (χ3v) is 1.88. The number of unbranched alkanes of at least 4 members (excludes halogenated alkanes) is 1. The van der Waals surface area contributed by atoms with Crippen LogP contribution in [-0.4, -0.2) is 5.78 Å². The zero-order valence-electron chi connectivity index (χ0n) is 8.47. The summed E-state index contributed by atoms with van der Waals surface area (Å²) in [6.45, 7) is 6.03. The van der Waals surface area contributed by atoms with Crippen LogP contribution in [0.5, 0.6) is 0 Å². The minimum atomic E-state index is 0.244. The van der Waals surface area contributed by atoms with E-state index < -0.39 is 0 Å². The third-order valence-electron chi connectivity index (χ3n) is 1.88. The Kier molecular flexibility index (Phi) is 6.73. The Labute approximate surface area is 75.9 Å². The van der Waals surface area contributed by atoms with Gasteiger partial charge in [0.25, 0.3) is 0 Å². The van der Waals surface area contributed by atoms with E-state index in [9.17, 15) is 4.79 Å². The van der Waals surface area contributed by atoms with E-state index in [0.29, 0.717) is 12.3 Å². The molecule has 1 atom stereocenters. The predicted octanol–water partition coefficient (Wildman–Crippen LogP) is 3.35. The van der Waals surface area contributed by atoms with Gasteiger partial charge in [0.1, 0.15) is 5.78 Å². The van der Waals surface area contributed by atoms with Gasteiger partial charge in [0, 0.05) is 6.42 Å². The van der Waals surface area contributed by atoms with Crippen molar-refractivity contribution >= 4 is 5.78 Å². The molecule has 0 spiro atoms. The number of hydrogen-bond acceptors (Lipinski definition) is 1. The highest BCUT2D eigenvalue weighted by molar-refractivity contribution is 5.76. The normalized spacial score (nSPS) is 13.6. The van der Waals surface area contributed by atoms with Crippen LogP contribution in [0, 0.1) is 5.92 Å². The first-order chi connectivity index (χ1) is 5.66. The number of rotatable bonds is 6. The maximum atomic E-state index is 10.6. The standard InChI is InChI=1S/C11H20O/c1-4-5-7-10(2)8-6-9-11(3)12/h6,8,10H,4-5,7,9H2,1-3H3/b8-6+. The molecule has 0 radical (unpaired) electrons. The van der Waals surface area contributed by atoms with Crippen molar-refractivity contribution in [2.24, 2.45) is 5.92 Å². The largest absolute Gasteiger partial charge is 0.300 e. The fourth-order valence-electron chi connectivity index (χ4n) is 1.09. The molecule has 0 amide bonds. The summed E-state index contributed by atoms with van der Waals surface area (Å²) < 4.78 is 0. The highest BCUT2D eigenvalue weighted by Gasteiger charge is 1.95. The van der Waals surface area contributed by atoms with Crippen molar-refractivity contribution in [3.05, 3.63) is 12.2 Å². The highest BCUT2D eigenvalue weighted by atomic mass is 16.1. The topological polar surface area (TPSA) is 17.1 Å². The van der Waals surface area contributed by atoms with Gasteiger partial charge in [0.05, 0.1) is 0 Å². The summed E-state index contributed by atoms with van der Waals surface area (Å²) in [5.74, 6) is 0.873. The first kappa shape index (κ1) is 11.4. The Balaban J connectivity index is 3.46. The maximum absolute atomic E-state index is 10.6. The molecule has 1 unspecified atom stereocenters.